The van der Waals surface area contributed by atoms with Crippen molar-refractivity contribution >= 4 is 23.1 Å². The minimum Gasteiger partial charge on any atom is -0.497 e. The molecule has 126 valence electrons. The molecule has 3 rings (SSSR count). The number of methoxy groups -OCH3 is 1. The molecule has 5 nitrogen and oxygen atoms in total. The predicted molar refractivity (Wildman–Crippen MR) is 94.9 cm³/mol. The van der Waals surface area contributed by atoms with Crippen molar-refractivity contribution in [2.75, 3.05) is 17.7 Å². The van der Waals surface area contributed by atoms with Gasteiger partial charge in [0, 0.05) is 23.6 Å². The van der Waals surface area contributed by atoms with Gasteiger partial charge >= 0.3 is 0 Å². The maximum Gasteiger partial charge on any atom is 0.259 e. The molecule has 6 heteroatoms. The van der Waals surface area contributed by atoms with E-state index in [1.54, 1.807) is 61.8 Å². The van der Waals surface area contributed by atoms with Crippen LogP contribution in [-0.4, -0.2) is 18.0 Å². The van der Waals surface area contributed by atoms with Crippen molar-refractivity contribution in [3.05, 3.63) is 78.2 Å². The summed E-state index contributed by atoms with van der Waals surface area (Å²) < 4.78 is 18.2. The summed E-state index contributed by atoms with van der Waals surface area (Å²) in [5.74, 6) is 0.386. The Labute approximate surface area is 144 Å². The van der Waals surface area contributed by atoms with E-state index in [1.165, 1.54) is 12.1 Å². The van der Waals surface area contributed by atoms with Crippen LogP contribution in [0, 0.1) is 5.82 Å². The molecule has 0 fully saturated rings. The van der Waals surface area contributed by atoms with Crippen LogP contribution in [0.2, 0.25) is 0 Å². The van der Waals surface area contributed by atoms with Crippen LogP contribution in [0.25, 0.3) is 0 Å². The van der Waals surface area contributed by atoms with Crippen molar-refractivity contribution in [2.45, 2.75) is 0 Å². The van der Waals surface area contributed by atoms with Crippen LogP contribution in [-0.2, 0) is 0 Å². The van der Waals surface area contributed by atoms with Gasteiger partial charge in [0.2, 0.25) is 0 Å². The second-order valence-electron chi connectivity index (χ2n) is 5.22. The van der Waals surface area contributed by atoms with Gasteiger partial charge in [0.1, 0.15) is 17.4 Å². The molecule has 1 heterocycles. The lowest BCUT2D eigenvalue weighted by molar-refractivity contribution is 0.102. The number of hydrogen-bond acceptors (Lipinski definition) is 4. The lowest BCUT2D eigenvalue weighted by atomic mass is 10.2. The summed E-state index contributed by atoms with van der Waals surface area (Å²) in [6, 6.07) is 16.2. The van der Waals surface area contributed by atoms with Gasteiger partial charge in [0.05, 0.1) is 12.7 Å². The van der Waals surface area contributed by atoms with E-state index in [0.29, 0.717) is 28.5 Å². The first-order chi connectivity index (χ1) is 12.2. The Morgan fingerprint density at radius 3 is 2.60 bits per heavy atom. The van der Waals surface area contributed by atoms with Gasteiger partial charge in [-0.2, -0.15) is 0 Å². The van der Waals surface area contributed by atoms with E-state index in [1.807, 2.05) is 0 Å². The van der Waals surface area contributed by atoms with Crippen molar-refractivity contribution < 1.29 is 13.9 Å². The van der Waals surface area contributed by atoms with E-state index in [-0.39, 0.29) is 11.7 Å². The lowest BCUT2D eigenvalue weighted by Crippen LogP contribution is -2.14. The number of nitrogens with zero attached hydrogens (tertiary/aromatic N) is 1. The molecule has 25 heavy (non-hydrogen) atoms. The first-order valence-electron chi connectivity index (χ1n) is 7.59. The van der Waals surface area contributed by atoms with Gasteiger partial charge in [0.15, 0.2) is 0 Å². The number of carbonyl (C=O) groups excluding carboxylic acids is 1. The van der Waals surface area contributed by atoms with Crippen molar-refractivity contribution in [1.29, 1.82) is 0 Å². The number of hydrogen-bond donors (Lipinski definition) is 2. The van der Waals surface area contributed by atoms with Crippen molar-refractivity contribution in [3.63, 3.8) is 0 Å². The molecule has 0 atom stereocenters. The predicted octanol–water partition coefficient (Wildman–Crippen LogP) is 4.23. The summed E-state index contributed by atoms with van der Waals surface area (Å²) in [6.07, 6.45) is 1.58. The van der Waals surface area contributed by atoms with Crippen LogP contribution in [0.15, 0.2) is 66.9 Å². The van der Waals surface area contributed by atoms with Gasteiger partial charge in [-0.3, -0.25) is 4.79 Å². The van der Waals surface area contributed by atoms with E-state index in [2.05, 4.69) is 15.6 Å². The SMILES string of the molecule is COc1cccc(NC(=O)c2cccnc2Nc2ccc(F)cc2)c1. The van der Waals surface area contributed by atoms with Crippen LogP contribution < -0.4 is 15.4 Å². The fraction of sp³-hybridized carbons (Fsp3) is 0.0526. The monoisotopic (exact) mass is 337 g/mol. The third-order valence-electron chi connectivity index (χ3n) is 3.49. The minimum atomic E-state index is -0.331. The number of pyridine rings is 1. The highest BCUT2D eigenvalue weighted by Crippen LogP contribution is 2.21. The highest BCUT2D eigenvalue weighted by atomic mass is 19.1. The molecule has 1 amide bonds. The number of ether oxygens (including phenoxy) is 1. The molecule has 2 aromatic carbocycles. The average molecular weight is 337 g/mol. The zero-order chi connectivity index (χ0) is 17.6. The van der Waals surface area contributed by atoms with E-state index in [4.69, 9.17) is 4.74 Å². The molecule has 0 unspecified atom stereocenters. The van der Waals surface area contributed by atoms with E-state index in [0.717, 1.165) is 0 Å². The standard InChI is InChI=1S/C19H16FN3O2/c1-25-16-5-2-4-15(12-16)23-19(24)17-6-3-11-21-18(17)22-14-9-7-13(20)8-10-14/h2-12H,1H3,(H,21,22)(H,23,24). The zero-order valence-corrected chi connectivity index (χ0v) is 13.5. The number of benzene rings is 2. The van der Waals surface area contributed by atoms with Gasteiger partial charge in [-0.25, -0.2) is 9.37 Å². The number of rotatable bonds is 5. The largest absolute Gasteiger partial charge is 0.497 e. The smallest absolute Gasteiger partial charge is 0.259 e. The molecular formula is C19H16FN3O2. The lowest BCUT2D eigenvalue weighted by Gasteiger charge is -2.11. The number of aromatic nitrogens is 1. The van der Waals surface area contributed by atoms with Crippen LogP contribution in [0.4, 0.5) is 21.6 Å². The van der Waals surface area contributed by atoms with E-state index >= 15 is 0 Å². The quantitative estimate of drug-likeness (QED) is 0.731. The second-order valence-corrected chi connectivity index (χ2v) is 5.22. The molecule has 0 saturated carbocycles. The molecule has 0 aliphatic heterocycles. The van der Waals surface area contributed by atoms with Crippen LogP contribution in [0.1, 0.15) is 10.4 Å². The fourth-order valence-corrected chi connectivity index (χ4v) is 2.26. The van der Waals surface area contributed by atoms with Gasteiger partial charge in [0.25, 0.3) is 5.91 Å². The van der Waals surface area contributed by atoms with Crippen LogP contribution in [0.5, 0.6) is 5.75 Å². The first-order valence-corrected chi connectivity index (χ1v) is 7.59. The Morgan fingerprint density at radius 2 is 1.84 bits per heavy atom. The Kier molecular flexibility index (Phi) is 4.89. The summed E-state index contributed by atoms with van der Waals surface area (Å²) in [4.78, 5) is 16.8. The molecule has 0 aliphatic carbocycles. The van der Waals surface area contributed by atoms with E-state index in [9.17, 15) is 9.18 Å². The van der Waals surface area contributed by atoms with E-state index < -0.39 is 0 Å². The molecule has 0 saturated heterocycles. The summed E-state index contributed by atoms with van der Waals surface area (Å²) in [6.45, 7) is 0. The third kappa shape index (κ3) is 4.11. The molecule has 2 N–H and O–H groups in total. The van der Waals surface area contributed by atoms with Gasteiger partial charge in [-0.05, 0) is 48.5 Å². The van der Waals surface area contributed by atoms with Gasteiger partial charge < -0.3 is 15.4 Å². The highest BCUT2D eigenvalue weighted by molar-refractivity contribution is 6.07. The fourth-order valence-electron chi connectivity index (χ4n) is 2.26. The Hall–Kier alpha value is -3.41. The molecular weight excluding hydrogens is 321 g/mol. The molecule has 0 radical (unpaired) electrons. The second kappa shape index (κ2) is 7.44. The number of nitrogens with one attached hydrogen (secondary N) is 2. The normalized spacial score (nSPS) is 10.2. The number of anilines is 3. The summed E-state index contributed by atoms with van der Waals surface area (Å²) >= 11 is 0. The molecule has 0 aliphatic rings. The van der Waals surface area contributed by atoms with Gasteiger partial charge in [-0.1, -0.05) is 6.07 Å². The summed E-state index contributed by atoms with van der Waals surface area (Å²) in [5, 5.41) is 5.83. The van der Waals surface area contributed by atoms with Crippen LogP contribution >= 0.6 is 0 Å². The van der Waals surface area contributed by atoms with Crippen molar-refractivity contribution in [3.8, 4) is 5.75 Å². The molecule has 1 aromatic heterocycles. The minimum absolute atomic E-state index is 0.314. The molecule has 0 spiro atoms. The highest BCUT2D eigenvalue weighted by Gasteiger charge is 2.13. The summed E-state index contributed by atoms with van der Waals surface area (Å²) in [5.41, 5.74) is 1.62. The molecule has 3 aromatic rings. The number of amides is 1. The molecule has 0 bridgehead atoms. The maximum atomic E-state index is 13.0. The Balaban J connectivity index is 1.81. The van der Waals surface area contributed by atoms with Crippen LogP contribution in [0.3, 0.4) is 0 Å². The first kappa shape index (κ1) is 16.4. The van der Waals surface area contributed by atoms with Crippen molar-refractivity contribution in [1.82, 2.24) is 4.98 Å². The number of halogens is 1. The van der Waals surface area contributed by atoms with Gasteiger partial charge in [-0.15, -0.1) is 0 Å². The maximum absolute atomic E-state index is 13.0. The zero-order valence-electron chi connectivity index (χ0n) is 13.5. The number of carbonyl (C=O) groups is 1. The Morgan fingerprint density at radius 1 is 1.04 bits per heavy atom. The van der Waals surface area contributed by atoms with Crippen molar-refractivity contribution in [2.24, 2.45) is 0 Å². The third-order valence-corrected chi connectivity index (χ3v) is 3.49. The Bertz CT molecular complexity index is 882. The summed E-state index contributed by atoms with van der Waals surface area (Å²) in [7, 11) is 1.56. The average Bonchev–Trinajstić information content (AvgIpc) is 2.64. The topological polar surface area (TPSA) is 63.2 Å².